The number of anilines is 2. The standard InChI is InChI=1S/C25H30N4O4S.3ClH/c1-4-9-28-10-12-29(13-11-28)24-16-21(25(30)31)20-15-19(6-7-22(20)26-24)27-34(32,33)23-8-5-17(2)14-18(23)3;;;/h5-8,14-16,27H,4,9-13H2,1-3H3,(H,30,31);3*1H. The van der Waals surface area contributed by atoms with Gasteiger partial charge >= 0.3 is 5.97 Å². The van der Waals surface area contributed by atoms with Gasteiger partial charge in [-0.05, 0) is 62.7 Å². The Hall–Kier alpha value is -2.30. The number of carboxylic acids is 1. The van der Waals surface area contributed by atoms with Gasteiger partial charge < -0.3 is 10.0 Å². The molecular formula is C25H33Cl3N4O4S. The summed E-state index contributed by atoms with van der Waals surface area (Å²) in [6.45, 7) is 10.3. The Morgan fingerprint density at radius 3 is 2.27 bits per heavy atom. The molecule has 0 radical (unpaired) electrons. The highest BCUT2D eigenvalue weighted by Gasteiger charge is 2.22. The van der Waals surface area contributed by atoms with Crippen LogP contribution < -0.4 is 9.62 Å². The van der Waals surface area contributed by atoms with Crippen molar-refractivity contribution >= 4 is 75.6 Å². The Morgan fingerprint density at radius 1 is 1.00 bits per heavy atom. The first-order valence-corrected chi connectivity index (χ1v) is 12.9. The third-order valence-corrected chi connectivity index (χ3v) is 7.68. The fraction of sp³-hybridized carbons (Fsp3) is 0.360. The minimum atomic E-state index is -3.83. The number of pyridine rings is 1. The number of fused-ring (bicyclic) bond motifs is 1. The van der Waals surface area contributed by atoms with E-state index >= 15 is 0 Å². The first-order valence-electron chi connectivity index (χ1n) is 11.4. The fourth-order valence-corrected chi connectivity index (χ4v) is 5.72. The van der Waals surface area contributed by atoms with Crippen molar-refractivity contribution in [1.29, 1.82) is 0 Å². The number of hydrogen-bond donors (Lipinski definition) is 2. The van der Waals surface area contributed by atoms with Crippen molar-refractivity contribution in [3.8, 4) is 0 Å². The number of carboxylic acid groups (broad SMARTS) is 1. The zero-order chi connectivity index (χ0) is 24.5. The van der Waals surface area contributed by atoms with Gasteiger partial charge in [0.2, 0.25) is 0 Å². The van der Waals surface area contributed by atoms with Crippen LogP contribution in [0.2, 0.25) is 0 Å². The lowest BCUT2D eigenvalue weighted by molar-refractivity contribution is 0.0699. The Labute approximate surface area is 236 Å². The number of benzene rings is 2. The summed E-state index contributed by atoms with van der Waals surface area (Å²) in [5, 5.41) is 10.3. The SMILES string of the molecule is CCCN1CCN(c2cc(C(=O)O)c3cc(NS(=O)(=O)c4ccc(C)cc4C)ccc3n2)CC1.Cl.Cl.Cl. The van der Waals surface area contributed by atoms with Crippen molar-refractivity contribution in [2.45, 2.75) is 32.1 Å². The molecule has 1 aliphatic rings. The number of halogens is 3. The number of aryl methyl sites for hydroxylation is 2. The summed E-state index contributed by atoms with van der Waals surface area (Å²) in [4.78, 5) is 21.5. The van der Waals surface area contributed by atoms with Gasteiger partial charge in [-0.15, -0.1) is 37.2 Å². The van der Waals surface area contributed by atoms with Gasteiger partial charge in [-0.1, -0.05) is 24.6 Å². The summed E-state index contributed by atoms with van der Waals surface area (Å²) in [5.74, 6) is -0.447. The van der Waals surface area contributed by atoms with E-state index < -0.39 is 16.0 Å². The number of aromatic carboxylic acids is 1. The lowest BCUT2D eigenvalue weighted by atomic mass is 10.1. The van der Waals surface area contributed by atoms with Crippen LogP contribution in [0.15, 0.2) is 47.4 Å². The molecule has 1 aromatic heterocycles. The van der Waals surface area contributed by atoms with E-state index in [1.807, 2.05) is 13.0 Å². The van der Waals surface area contributed by atoms with Crippen LogP contribution in [0.4, 0.5) is 11.5 Å². The summed E-state index contributed by atoms with van der Waals surface area (Å²) in [7, 11) is -3.83. The smallest absolute Gasteiger partial charge is 0.336 e. The Kier molecular flexibility index (Phi) is 11.9. The Bertz CT molecular complexity index is 1350. The number of rotatable bonds is 7. The molecule has 0 amide bonds. The van der Waals surface area contributed by atoms with E-state index in [9.17, 15) is 18.3 Å². The first-order chi connectivity index (χ1) is 16.2. The molecule has 1 saturated heterocycles. The second-order valence-corrected chi connectivity index (χ2v) is 10.4. The fourth-order valence-electron chi connectivity index (χ4n) is 4.44. The van der Waals surface area contributed by atoms with Crippen molar-refractivity contribution in [2.75, 3.05) is 42.3 Å². The zero-order valence-electron chi connectivity index (χ0n) is 20.9. The van der Waals surface area contributed by atoms with Crippen LogP contribution in [-0.4, -0.2) is 62.1 Å². The number of aromatic nitrogens is 1. The number of nitrogens with one attached hydrogen (secondary N) is 1. The van der Waals surface area contributed by atoms with E-state index in [2.05, 4.69) is 21.4 Å². The minimum absolute atomic E-state index is 0. The number of hydrogen-bond acceptors (Lipinski definition) is 6. The molecule has 12 heteroatoms. The van der Waals surface area contributed by atoms with Crippen LogP contribution in [0.5, 0.6) is 0 Å². The average Bonchev–Trinajstić information content (AvgIpc) is 2.78. The predicted molar refractivity (Wildman–Crippen MR) is 156 cm³/mol. The molecule has 0 unspecified atom stereocenters. The monoisotopic (exact) mass is 590 g/mol. The van der Waals surface area contributed by atoms with E-state index in [1.165, 1.54) is 6.07 Å². The number of piperazine rings is 1. The van der Waals surface area contributed by atoms with Gasteiger partial charge in [0.1, 0.15) is 5.82 Å². The van der Waals surface area contributed by atoms with Crippen molar-refractivity contribution in [3.05, 3.63) is 59.2 Å². The normalized spacial score (nSPS) is 13.8. The van der Waals surface area contributed by atoms with Crippen molar-refractivity contribution in [3.63, 3.8) is 0 Å². The maximum atomic E-state index is 13.0. The maximum Gasteiger partial charge on any atom is 0.336 e. The van der Waals surface area contributed by atoms with Gasteiger partial charge in [0.05, 0.1) is 16.0 Å². The topological polar surface area (TPSA) is 103 Å². The Morgan fingerprint density at radius 2 is 1.68 bits per heavy atom. The summed E-state index contributed by atoms with van der Waals surface area (Å²) in [6, 6.07) is 11.5. The molecule has 4 rings (SSSR count). The molecule has 8 nitrogen and oxygen atoms in total. The van der Waals surface area contributed by atoms with Crippen LogP contribution in [0.3, 0.4) is 0 Å². The number of sulfonamides is 1. The third-order valence-electron chi connectivity index (χ3n) is 6.13. The highest BCUT2D eigenvalue weighted by atomic mass is 35.5. The second-order valence-electron chi connectivity index (χ2n) is 8.77. The van der Waals surface area contributed by atoms with E-state index in [-0.39, 0.29) is 53.4 Å². The maximum absolute atomic E-state index is 13.0. The third kappa shape index (κ3) is 7.39. The molecule has 2 N–H and O–H groups in total. The Balaban J connectivity index is 0.00000228. The highest BCUT2D eigenvalue weighted by Crippen LogP contribution is 2.28. The molecule has 0 bridgehead atoms. The van der Waals surface area contributed by atoms with E-state index in [4.69, 9.17) is 4.98 Å². The van der Waals surface area contributed by atoms with E-state index in [1.54, 1.807) is 37.3 Å². The average molecular weight is 592 g/mol. The molecule has 2 aromatic carbocycles. The highest BCUT2D eigenvalue weighted by molar-refractivity contribution is 7.92. The van der Waals surface area contributed by atoms with E-state index in [0.717, 1.165) is 44.7 Å². The van der Waals surface area contributed by atoms with Gasteiger partial charge in [-0.2, -0.15) is 0 Å². The lowest BCUT2D eigenvalue weighted by Gasteiger charge is -2.35. The summed E-state index contributed by atoms with van der Waals surface area (Å²) >= 11 is 0. The number of nitrogens with zero attached hydrogens (tertiary/aromatic N) is 3. The molecule has 1 aliphatic heterocycles. The van der Waals surface area contributed by atoms with Crippen LogP contribution >= 0.6 is 37.2 Å². The predicted octanol–water partition coefficient (Wildman–Crippen LogP) is 5.15. The molecule has 204 valence electrons. The van der Waals surface area contributed by atoms with Crippen LogP contribution in [0.1, 0.15) is 34.8 Å². The number of carbonyl (C=O) groups is 1. The quantitative estimate of drug-likeness (QED) is 0.392. The molecule has 1 fully saturated rings. The van der Waals surface area contributed by atoms with Gasteiger partial charge in [0.15, 0.2) is 0 Å². The molecule has 0 atom stereocenters. The van der Waals surface area contributed by atoms with Crippen LogP contribution in [0.25, 0.3) is 10.9 Å². The van der Waals surface area contributed by atoms with Crippen molar-refractivity contribution in [2.24, 2.45) is 0 Å². The molecule has 2 heterocycles. The first kappa shape index (κ1) is 32.7. The van der Waals surface area contributed by atoms with Gasteiger partial charge in [0, 0.05) is 37.3 Å². The van der Waals surface area contributed by atoms with Crippen LogP contribution in [0, 0.1) is 13.8 Å². The molecule has 37 heavy (non-hydrogen) atoms. The minimum Gasteiger partial charge on any atom is -0.478 e. The summed E-state index contributed by atoms with van der Waals surface area (Å²) in [6.07, 6.45) is 1.10. The second kappa shape index (κ2) is 13.5. The molecular weight excluding hydrogens is 559 g/mol. The van der Waals surface area contributed by atoms with Crippen LogP contribution in [-0.2, 0) is 10.0 Å². The molecule has 0 aliphatic carbocycles. The molecule has 0 saturated carbocycles. The van der Waals surface area contributed by atoms with Gasteiger partial charge in [-0.25, -0.2) is 18.2 Å². The van der Waals surface area contributed by atoms with Gasteiger partial charge in [-0.3, -0.25) is 9.62 Å². The lowest BCUT2D eigenvalue weighted by Crippen LogP contribution is -2.46. The summed E-state index contributed by atoms with van der Waals surface area (Å²) < 4.78 is 28.5. The molecule has 3 aromatic rings. The zero-order valence-corrected chi connectivity index (χ0v) is 24.2. The van der Waals surface area contributed by atoms with Gasteiger partial charge in [0.25, 0.3) is 10.0 Å². The van der Waals surface area contributed by atoms with E-state index in [0.29, 0.717) is 22.3 Å². The largest absolute Gasteiger partial charge is 0.478 e. The van der Waals surface area contributed by atoms with Crippen molar-refractivity contribution < 1.29 is 18.3 Å². The summed E-state index contributed by atoms with van der Waals surface area (Å²) in [5.41, 5.74) is 2.52. The van der Waals surface area contributed by atoms with Crippen molar-refractivity contribution in [1.82, 2.24) is 9.88 Å². The molecule has 0 spiro atoms.